The number of rotatable bonds is 7. The molecule has 0 fully saturated rings. The predicted octanol–water partition coefficient (Wildman–Crippen LogP) is 4.78. The Bertz CT molecular complexity index is 1130. The molecule has 0 spiro atoms. The molecule has 0 unspecified atom stereocenters. The normalized spacial score (nSPS) is 18.3. The third-order valence-corrected chi connectivity index (χ3v) is 6.60. The van der Waals surface area contributed by atoms with Crippen molar-refractivity contribution < 1.29 is 9.59 Å². The van der Waals surface area contributed by atoms with Gasteiger partial charge in [0.2, 0.25) is 5.91 Å². The summed E-state index contributed by atoms with van der Waals surface area (Å²) in [6.07, 6.45) is 1.88. The maximum Gasteiger partial charge on any atom is 0.271 e. The number of nitrogens with zero attached hydrogens (tertiary/aromatic N) is 2. The van der Waals surface area contributed by atoms with E-state index >= 15 is 0 Å². The zero-order valence-corrected chi connectivity index (χ0v) is 19.5. The van der Waals surface area contributed by atoms with Crippen molar-refractivity contribution in [3.8, 4) is 0 Å². The number of fused-ring (bicyclic) bond motifs is 3. The van der Waals surface area contributed by atoms with Gasteiger partial charge in [0.25, 0.3) is 5.91 Å². The maximum absolute atomic E-state index is 13.7. The van der Waals surface area contributed by atoms with Crippen LogP contribution < -0.4 is 5.32 Å². The lowest BCUT2D eigenvalue weighted by atomic mass is 9.93. The second-order valence-corrected chi connectivity index (χ2v) is 9.45. The van der Waals surface area contributed by atoms with Crippen molar-refractivity contribution in [3.63, 3.8) is 0 Å². The van der Waals surface area contributed by atoms with Crippen LogP contribution in [0.2, 0.25) is 0 Å². The molecule has 2 heterocycles. The first-order valence-corrected chi connectivity index (χ1v) is 11.6. The number of para-hydroxylation sites is 1. The minimum Gasteiger partial charge on any atom is -0.354 e. The molecule has 4 rings (SSSR count). The van der Waals surface area contributed by atoms with E-state index in [1.54, 1.807) is 4.90 Å². The summed E-state index contributed by atoms with van der Waals surface area (Å²) in [5.74, 6) is 0.304. The molecule has 0 saturated heterocycles. The van der Waals surface area contributed by atoms with Crippen LogP contribution in [0.1, 0.15) is 55.7 Å². The van der Waals surface area contributed by atoms with Crippen molar-refractivity contribution in [3.05, 3.63) is 71.4 Å². The Labute approximate surface area is 190 Å². The summed E-state index contributed by atoms with van der Waals surface area (Å²) in [5.41, 5.74) is 2.94. The molecule has 0 bridgehead atoms. The van der Waals surface area contributed by atoms with Crippen molar-refractivity contribution in [1.29, 1.82) is 0 Å². The number of benzene rings is 2. The Morgan fingerprint density at radius 2 is 1.78 bits per heavy atom. The topological polar surface area (TPSA) is 54.3 Å². The second-order valence-electron chi connectivity index (χ2n) is 9.45. The number of amides is 2. The molecular formula is C27H33N3O2. The molecule has 0 radical (unpaired) electrons. The maximum atomic E-state index is 13.7. The average Bonchev–Trinajstić information content (AvgIpc) is 3.15. The number of nitrogens with one attached hydrogen (secondary N) is 1. The van der Waals surface area contributed by atoms with Gasteiger partial charge in [0, 0.05) is 24.0 Å². The Kier molecular flexibility index (Phi) is 6.09. The van der Waals surface area contributed by atoms with Crippen molar-refractivity contribution in [2.75, 3.05) is 6.54 Å². The zero-order valence-electron chi connectivity index (χ0n) is 19.5. The van der Waals surface area contributed by atoms with Crippen molar-refractivity contribution in [2.45, 2.75) is 59.2 Å². The standard InChI is InChI=1S/C27H33N3O2/c1-5-20-10-12-21(13-11-20)17-30-25(31)24-16-22-8-6-7-9-23(22)29(24)18-27(30,4)26(32)28-15-14-19(2)3/h6-13,16,19H,5,14-15,17-18H2,1-4H3,(H,28,32)/t27-/m1/s1. The Morgan fingerprint density at radius 3 is 2.47 bits per heavy atom. The number of hydrogen-bond acceptors (Lipinski definition) is 2. The highest BCUT2D eigenvalue weighted by molar-refractivity contribution is 6.03. The SMILES string of the molecule is CCc1ccc(CN2C(=O)c3cc4ccccc4n3C[C@]2(C)C(=O)NCCC(C)C)cc1. The second kappa shape index (κ2) is 8.81. The Hall–Kier alpha value is -3.08. The number of hydrogen-bond donors (Lipinski definition) is 1. The summed E-state index contributed by atoms with van der Waals surface area (Å²) in [4.78, 5) is 29.0. The van der Waals surface area contributed by atoms with Crippen LogP contribution in [0, 0.1) is 5.92 Å². The summed E-state index contributed by atoms with van der Waals surface area (Å²) < 4.78 is 2.01. The van der Waals surface area contributed by atoms with Crippen LogP contribution >= 0.6 is 0 Å². The fourth-order valence-corrected chi connectivity index (χ4v) is 4.48. The van der Waals surface area contributed by atoms with E-state index < -0.39 is 5.54 Å². The van der Waals surface area contributed by atoms with E-state index in [1.165, 1.54) is 5.56 Å². The summed E-state index contributed by atoms with van der Waals surface area (Å²) in [5, 5.41) is 4.12. The van der Waals surface area contributed by atoms with E-state index in [-0.39, 0.29) is 11.8 Å². The molecule has 1 aromatic heterocycles. The molecule has 0 aliphatic carbocycles. The van der Waals surface area contributed by atoms with Gasteiger partial charge in [0.15, 0.2) is 0 Å². The van der Waals surface area contributed by atoms with E-state index in [0.29, 0.717) is 31.2 Å². The van der Waals surface area contributed by atoms with Crippen LogP contribution in [0.4, 0.5) is 0 Å². The van der Waals surface area contributed by atoms with Crippen LogP contribution in [0.5, 0.6) is 0 Å². The monoisotopic (exact) mass is 431 g/mol. The number of aryl methyl sites for hydroxylation is 1. The van der Waals surface area contributed by atoms with Gasteiger partial charge < -0.3 is 14.8 Å². The third kappa shape index (κ3) is 4.04. The van der Waals surface area contributed by atoms with Crippen molar-refractivity contribution in [2.24, 2.45) is 5.92 Å². The highest BCUT2D eigenvalue weighted by atomic mass is 16.2. The van der Waals surface area contributed by atoms with Gasteiger partial charge >= 0.3 is 0 Å². The molecule has 2 amide bonds. The molecule has 32 heavy (non-hydrogen) atoms. The first kappa shape index (κ1) is 22.1. The molecule has 5 heteroatoms. The van der Waals surface area contributed by atoms with Crippen LogP contribution in [-0.4, -0.2) is 33.4 Å². The summed E-state index contributed by atoms with van der Waals surface area (Å²) in [7, 11) is 0. The molecule has 3 aromatic rings. The molecular weight excluding hydrogens is 398 g/mol. The van der Waals surface area contributed by atoms with Gasteiger partial charge in [-0.2, -0.15) is 0 Å². The quantitative estimate of drug-likeness (QED) is 0.585. The Morgan fingerprint density at radius 1 is 1.09 bits per heavy atom. The lowest BCUT2D eigenvalue weighted by Gasteiger charge is -2.44. The molecule has 168 valence electrons. The lowest BCUT2D eigenvalue weighted by molar-refractivity contribution is -0.133. The van der Waals surface area contributed by atoms with Gasteiger partial charge in [0.1, 0.15) is 11.2 Å². The first-order chi connectivity index (χ1) is 15.3. The molecule has 0 saturated carbocycles. The predicted molar refractivity (Wildman–Crippen MR) is 129 cm³/mol. The zero-order chi connectivity index (χ0) is 22.9. The highest BCUT2D eigenvalue weighted by Gasteiger charge is 2.47. The molecule has 1 N–H and O–H groups in total. The molecule has 1 aliphatic rings. The van der Waals surface area contributed by atoms with Crippen molar-refractivity contribution >= 4 is 22.7 Å². The van der Waals surface area contributed by atoms with Gasteiger partial charge in [-0.1, -0.05) is 63.2 Å². The molecule has 1 aliphatic heterocycles. The van der Waals surface area contributed by atoms with Gasteiger partial charge in [-0.05, 0) is 48.9 Å². The van der Waals surface area contributed by atoms with E-state index in [9.17, 15) is 9.59 Å². The van der Waals surface area contributed by atoms with Crippen LogP contribution in [0.15, 0.2) is 54.6 Å². The van der Waals surface area contributed by atoms with Crippen molar-refractivity contribution in [1.82, 2.24) is 14.8 Å². The minimum absolute atomic E-state index is 0.0971. The van der Waals surface area contributed by atoms with E-state index in [4.69, 9.17) is 0 Å². The minimum atomic E-state index is -0.980. The van der Waals surface area contributed by atoms with E-state index in [2.05, 4.69) is 50.4 Å². The van der Waals surface area contributed by atoms with Crippen LogP contribution in [0.25, 0.3) is 10.9 Å². The number of aromatic nitrogens is 1. The van der Waals surface area contributed by atoms with E-state index in [0.717, 1.165) is 29.3 Å². The smallest absolute Gasteiger partial charge is 0.271 e. The fourth-order valence-electron chi connectivity index (χ4n) is 4.48. The largest absolute Gasteiger partial charge is 0.354 e. The summed E-state index contributed by atoms with van der Waals surface area (Å²) >= 11 is 0. The van der Waals surface area contributed by atoms with Gasteiger partial charge in [-0.15, -0.1) is 0 Å². The summed E-state index contributed by atoms with van der Waals surface area (Å²) in [6, 6.07) is 18.2. The third-order valence-electron chi connectivity index (χ3n) is 6.60. The number of carbonyl (C=O) groups is 2. The lowest BCUT2D eigenvalue weighted by Crippen LogP contribution is -2.63. The molecule has 2 aromatic carbocycles. The summed E-state index contributed by atoms with van der Waals surface area (Å²) in [6.45, 7) is 9.75. The van der Waals surface area contributed by atoms with E-state index in [1.807, 2.05) is 41.8 Å². The van der Waals surface area contributed by atoms with Crippen LogP contribution in [-0.2, 0) is 24.3 Å². The Balaban J connectivity index is 1.72. The van der Waals surface area contributed by atoms with Gasteiger partial charge in [-0.25, -0.2) is 0 Å². The van der Waals surface area contributed by atoms with Gasteiger partial charge in [-0.3, -0.25) is 9.59 Å². The molecule has 5 nitrogen and oxygen atoms in total. The molecule has 1 atom stereocenters. The van der Waals surface area contributed by atoms with Gasteiger partial charge in [0.05, 0.1) is 6.54 Å². The fraction of sp³-hybridized carbons (Fsp3) is 0.407. The first-order valence-electron chi connectivity index (χ1n) is 11.6. The number of carbonyl (C=O) groups excluding carboxylic acids is 2. The average molecular weight is 432 g/mol. The highest BCUT2D eigenvalue weighted by Crippen LogP contribution is 2.33. The van der Waals surface area contributed by atoms with Crippen LogP contribution in [0.3, 0.4) is 0 Å².